The summed E-state index contributed by atoms with van der Waals surface area (Å²) in [6, 6.07) is 4.59. The van der Waals surface area contributed by atoms with E-state index in [2.05, 4.69) is 22.4 Å². The molecule has 0 heterocycles. The van der Waals surface area contributed by atoms with E-state index in [0.29, 0.717) is 12.8 Å². The van der Waals surface area contributed by atoms with Gasteiger partial charge in [0.25, 0.3) is 0 Å². The topological polar surface area (TPSA) is 72.3 Å². The SMILES string of the molecule is CC(C)(C#N)CC(C)(C)N=NC(C)(C)CC(C)(C)C#N. The van der Waals surface area contributed by atoms with Crippen molar-refractivity contribution in [3.05, 3.63) is 0 Å². The summed E-state index contributed by atoms with van der Waals surface area (Å²) in [5.41, 5.74) is -1.60. The summed E-state index contributed by atoms with van der Waals surface area (Å²) < 4.78 is 0. The molecule has 4 nitrogen and oxygen atoms in total. The third kappa shape index (κ3) is 7.24. The van der Waals surface area contributed by atoms with Crippen molar-refractivity contribution >= 4 is 0 Å². The molecular formula is C16H28N4. The Morgan fingerprint density at radius 2 is 0.900 bits per heavy atom. The van der Waals surface area contributed by atoms with E-state index in [1.54, 1.807) is 0 Å². The van der Waals surface area contributed by atoms with Gasteiger partial charge in [0.15, 0.2) is 0 Å². The van der Waals surface area contributed by atoms with Crippen molar-refractivity contribution in [2.24, 2.45) is 21.1 Å². The minimum atomic E-state index is -0.418. The highest BCUT2D eigenvalue weighted by atomic mass is 15.2. The van der Waals surface area contributed by atoms with Crippen molar-refractivity contribution in [3.8, 4) is 12.1 Å². The first kappa shape index (κ1) is 18.6. The number of nitriles is 2. The summed E-state index contributed by atoms with van der Waals surface area (Å²) in [6.07, 6.45) is 1.30. The zero-order chi connectivity index (χ0) is 16.2. The molecule has 0 N–H and O–H groups in total. The third-order valence-corrected chi connectivity index (χ3v) is 2.95. The van der Waals surface area contributed by atoms with Crippen molar-refractivity contribution in [1.82, 2.24) is 0 Å². The molecule has 0 aliphatic heterocycles. The fourth-order valence-electron chi connectivity index (χ4n) is 2.58. The molecule has 20 heavy (non-hydrogen) atoms. The monoisotopic (exact) mass is 276 g/mol. The van der Waals surface area contributed by atoms with Gasteiger partial charge in [-0.2, -0.15) is 20.8 Å². The van der Waals surface area contributed by atoms with Gasteiger partial charge in [-0.05, 0) is 68.2 Å². The number of azo groups is 1. The van der Waals surface area contributed by atoms with Gasteiger partial charge in [0.2, 0.25) is 0 Å². The van der Waals surface area contributed by atoms with Gasteiger partial charge in [0, 0.05) is 0 Å². The van der Waals surface area contributed by atoms with Crippen molar-refractivity contribution in [2.45, 2.75) is 79.3 Å². The minimum absolute atomic E-state index is 0.382. The second-order valence-electron chi connectivity index (χ2n) is 8.17. The lowest BCUT2D eigenvalue weighted by molar-refractivity contribution is 0.284. The largest absolute Gasteiger partial charge is 0.198 e. The quantitative estimate of drug-likeness (QED) is 0.649. The van der Waals surface area contributed by atoms with Crippen LogP contribution in [0.5, 0.6) is 0 Å². The molecule has 0 aromatic rings. The molecule has 112 valence electrons. The number of hydrogen-bond acceptors (Lipinski definition) is 4. The molecule has 0 fully saturated rings. The lowest BCUT2D eigenvalue weighted by Crippen LogP contribution is -2.29. The van der Waals surface area contributed by atoms with Crippen LogP contribution in [0.15, 0.2) is 10.2 Å². The van der Waals surface area contributed by atoms with Gasteiger partial charge in [-0.15, -0.1) is 0 Å². The van der Waals surface area contributed by atoms with Crippen LogP contribution in [0.1, 0.15) is 68.2 Å². The van der Waals surface area contributed by atoms with Crippen LogP contribution < -0.4 is 0 Å². The van der Waals surface area contributed by atoms with Gasteiger partial charge in [-0.1, -0.05) is 0 Å². The molecule has 0 aromatic carbocycles. The Balaban J connectivity index is 4.94. The summed E-state index contributed by atoms with van der Waals surface area (Å²) in [7, 11) is 0. The van der Waals surface area contributed by atoms with Gasteiger partial charge in [0.05, 0.1) is 34.0 Å². The molecule has 0 atom stereocenters. The second-order valence-corrected chi connectivity index (χ2v) is 8.17. The predicted molar refractivity (Wildman–Crippen MR) is 81.0 cm³/mol. The molecule has 0 aliphatic rings. The van der Waals surface area contributed by atoms with Gasteiger partial charge in [-0.3, -0.25) is 0 Å². The zero-order valence-electron chi connectivity index (χ0n) is 14.2. The van der Waals surface area contributed by atoms with Gasteiger partial charge >= 0.3 is 0 Å². The standard InChI is InChI=1S/C16H28N4/c1-13(2,11-17)9-15(5,6)19-20-16(7,8)10-14(3,4)12-18/h9-10H2,1-8H3. The molecule has 4 heteroatoms. The maximum atomic E-state index is 9.11. The van der Waals surface area contributed by atoms with Crippen molar-refractivity contribution in [2.75, 3.05) is 0 Å². The molecule has 0 saturated heterocycles. The fourth-order valence-corrected chi connectivity index (χ4v) is 2.58. The smallest absolute Gasteiger partial charge is 0.0775 e. The molecule has 0 bridgehead atoms. The van der Waals surface area contributed by atoms with Crippen LogP contribution in [0.4, 0.5) is 0 Å². The lowest BCUT2D eigenvalue weighted by atomic mass is 9.81. The first-order valence-corrected chi connectivity index (χ1v) is 7.01. The Labute approximate surface area is 123 Å². The van der Waals surface area contributed by atoms with Crippen molar-refractivity contribution in [3.63, 3.8) is 0 Å². The molecule has 0 unspecified atom stereocenters. The molecule has 0 radical (unpaired) electrons. The Morgan fingerprint density at radius 3 is 1.10 bits per heavy atom. The van der Waals surface area contributed by atoms with Crippen LogP contribution in [0, 0.1) is 33.5 Å². The Morgan fingerprint density at radius 1 is 0.650 bits per heavy atom. The summed E-state index contributed by atoms with van der Waals surface area (Å²) in [4.78, 5) is 0. The fraction of sp³-hybridized carbons (Fsp3) is 0.875. The Hall–Kier alpha value is -1.42. The highest BCUT2D eigenvalue weighted by Gasteiger charge is 2.32. The van der Waals surface area contributed by atoms with E-state index in [1.165, 1.54) is 0 Å². The van der Waals surface area contributed by atoms with E-state index in [0.717, 1.165) is 0 Å². The average molecular weight is 276 g/mol. The van der Waals surface area contributed by atoms with E-state index in [4.69, 9.17) is 10.5 Å². The highest BCUT2D eigenvalue weighted by molar-refractivity contribution is 4.99. The molecule has 0 saturated carbocycles. The third-order valence-electron chi connectivity index (χ3n) is 2.95. The summed E-state index contributed by atoms with van der Waals surface area (Å²) in [6.45, 7) is 15.6. The van der Waals surface area contributed by atoms with Crippen LogP contribution >= 0.6 is 0 Å². The van der Waals surface area contributed by atoms with Crippen LogP contribution in [0.2, 0.25) is 0 Å². The molecule has 0 amide bonds. The van der Waals surface area contributed by atoms with E-state index in [-0.39, 0.29) is 11.1 Å². The summed E-state index contributed by atoms with van der Waals surface area (Å²) in [5.74, 6) is 0. The average Bonchev–Trinajstić information content (AvgIpc) is 2.24. The zero-order valence-corrected chi connectivity index (χ0v) is 14.2. The van der Waals surface area contributed by atoms with Gasteiger partial charge in [-0.25, -0.2) is 0 Å². The molecule has 0 rings (SSSR count). The van der Waals surface area contributed by atoms with Crippen molar-refractivity contribution in [1.29, 1.82) is 10.5 Å². The van der Waals surface area contributed by atoms with Crippen LogP contribution in [-0.2, 0) is 0 Å². The number of rotatable bonds is 6. The maximum absolute atomic E-state index is 9.11. The molecule has 0 aromatic heterocycles. The summed E-state index contributed by atoms with van der Waals surface area (Å²) in [5, 5.41) is 27.1. The summed E-state index contributed by atoms with van der Waals surface area (Å²) >= 11 is 0. The number of nitrogens with zero attached hydrogens (tertiary/aromatic N) is 4. The second kappa shape index (κ2) is 5.92. The first-order chi connectivity index (χ1) is 8.74. The minimum Gasteiger partial charge on any atom is -0.198 e. The van der Waals surface area contributed by atoms with Crippen molar-refractivity contribution < 1.29 is 0 Å². The number of hydrogen-bond donors (Lipinski definition) is 0. The van der Waals surface area contributed by atoms with E-state index in [9.17, 15) is 0 Å². The Kier molecular flexibility index (Phi) is 5.50. The molecular weight excluding hydrogens is 248 g/mol. The molecule has 0 aliphatic carbocycles. The van der Waals surface area contributed by atoms with Gasteiger partial charge in [0.1, 0.15) is 0 Å². The van der Waals surface area contributed by atoms with Crippen LogP contribution in [0.3, 0.4) is 0 Å². The Bertz CT molecular complexity index is 400. The van der Waals surface area contributed by atoms with Crippen LogP contribution in [0.25, 0.3) is 0 Å². The van der Waals surface area contributed by atoms with Crippen LogP contribution in [-0.4, -0.2) is 11.1 Å². The van der Waals surface area contributed by atoms with E-state index in [1.807, 2.05) is 55.4 Å². The lowest BCUT2D eigenvalue weighted by Gasteiger charge is -2.29. The van der Waals surface area contributed by atoms with E-state index < -0.39 is 10.8 Å². The predicted octanol–water partition coefficient (Wildman–Crippen LogP) is 4.88. The normalized spacial score (nSPS) is 14.1. The first-order valence-electron chi connectivity index (χ1n) is 7.01. The molecule has 0 spiro atoms. The van der Waals surface area contributed by atoms with Gasteiger partial charge < -0.3 is 0 Å². The maximum Gasteiger partial charge on any atom is 0.0775 e. The van der Waals surface area contributed by atoms with E-state index >= 15 is 0 Å². The highest BCUT2D eigenvalue weighted by Crippen LogP contribution is 2.33.